The van der Waals surface area contributed by atoms with Crippen LogP contribution in [0, 0.1) is 10.1 Å². The largest absolute Gasteiger partial charge is 0.497 e. The first-order valence-electron chi connectivity index (χ1n) is 8.30. The predicted octanol–water partition coefficient (Wildman–Crippen LogP) is 3.17. The van der Waals surface area contributed by atoms with E-state index >= 15 is 0 Å². The Morgan fingerprint density at radius 2 is 1.92 bits per heavy atom. The zero-order valence-corrected chi connectivity index (χ0v) is 15.2. The van der Waals surface area contributed by atoms with Crippen LogP contribution in [-0.4, -0.2) is 37.8 Å². The van der Waals surface area contributed by atoms with Gasteiger partial charge in [0.1, 0.15) is 5.75 Å². The molecule has 0 unspecified atom stereocenters. The molecule has 0 saturated carbocycles. The average Bonchev–Trinajstić information content (AvgIpc) is 2.68. The van der Waals surface area contributed by atoms with Gasteiger partial charge in [-0.1, -0.05) is 12.1 Å². The van der Waals surface area contributed by atoms with Crippen molar-refractivity contribution in [3.8, 4) is 5.75 Å². The molecule has 1 aliphatic rings. The summed E-state index contributed by atoms with van der Waals surface area (Å²) in [6.45, 7) is 0.826. The number of hydrogen-bond acceptors (Lipinski definition) is 5. The lowest BCUT2D eigenvalue weighted by atomic mass is 9.91. The Kier molecular flexibility index (Phi) is 5.24. The lowest BCUT2D eigenvalue weighted by Crippen LogP contribution is -2.39. The topological polar surface area (TPSA) is 89.8 Å². The summed E-state index contributed by atoms with van der Waals surface area (Å²) < 4.78 is 32.5. The van der Waals surface area contributed by atoms with E-state index in [1.807, 2.05) is 24.3 Å². The molecule has 0 spiro atoms. The number of nitro benzene ring substituents is 1. The lowest BCUT2D eigenvalue weighted by Gasteiger charge is -2.32. The van der Waals surface area contributed by atoms with E-state index in [0.29, 0.717) is 13.1 Å². The second-order valence-corrected chi connectivity index (χ2v) is 8.17. The first-order chi connectivity index (χ1) is 12.4. The van der Waals surface area contributed by atoms with Gasteiger partial charge < -0.3 is 4.74 Å². The molecule has 0 bridgehead atoms. The van der Waals surface area contributed by atoms with E-state index in [-0.39, 0.29) is 16.5 Å². The van der Waals surface area contributed by atoms with Crippen LogP contribution in [0.15, 0.2) is 53.4 Å². The highest BCUT2D eigenvalue weighted by atomic mass is 32.2. The molecule has 2 aromatic carbocycles. The van der Waals surface area contributed by atoms with Crippen molar-refractivity contribution in [1.29, 1.82) is 0 Å². The normalized spacial score (nSPS) is 18.4. The van der Waals surface area contributed by atoms with E-state index in [1.54, 1.807) is 7.11 Å². The number of methoxy groups -OCH3 is 1. The monoisotopic (exact) mass is 376 g/mol. The minimum Gasteiger partial charge on any atom is -0.497 e. The summed E-state index contributed by atoms with van der Waals surface area (Å²) in [4.78, 5) is 10.3. The van der Waals surface area contributed by atoms with Crippen LogP contribution in [0.4, 0.5) is 5.69 Å². The van der Waals surface area contributed by atoms with Crippen LogP contribution in [0.3, 0.4) is 0 Å². The van der Waals surface area contributed by atoms with Crippen molar-refractivity contribution in [2.75, 3.05) is 20.2 Å². The molecule has 0 aliphatic carbocycles. The SMILES string of the molecule is COc1cccc([C@@H]2CCCN(S(=O)(=O)c3ccc([N+](=O)[O-])cc3)C2)c1. The highest BCUT2D eigenvalue weighted by molar-refractivity contribution is 7.89. The van der Waals surface area contributed by atoms with Crippen molar-refractivity contribution >= 4 is 15.7 Å². The van der Waals surface area contributed by atoms with Gasteiger partial charge in [-0.3, -0.25) is 10.1 Å². The maximum atomic E-state index is 12.9. The van der Waals surface area contributed by atoms with Crippen LogP contribution in [0.1, 0.15) is 24.3 Å². The highest BCUT2D eigenvalue weighted by Gasteiger charge is 2.31. The number of nitro groups is 1. The standard InChI is InChI=1S/C18H20N2O5S/c1-25-17-6-2-4-14(12-17)15-5-3-11-19(13-15)26(23,24)18-9-7-16(8-10-18)20(21)22/h2,4,6-10,12,15H,3,5,11,13H2,1H3/t15-/m1/s1. The summed E-state index contributed by atoms with van der Waals surface area (Å²) in [6.07, 6.45) is 1.66. The van der Waals surface area contributed by atoms with E-state index in [9.17, 15) is 18.5 Å². The molecule has 2 aromatic rings. The predicted molar refractivity (Wildman–Crippen MR) is 96.8 cm³/mol. The molecule has 26 heavy (non-hydrogen) atoms. The third-order valence-corrected chi connectivity index (χ3v) is 6.51. The fourth-order valence-electron chi connectivity index (χ4n) is 3.22. The van der Waals surface area contributed by atoms with E-state index < -0.39 is 14.9 Å². The molecule has 0 amide bonds. The Bertz CT molecular complexity index is 896. The fourth-order valence-corrected chi connectivity index (χ4v) is 4.74. The van der Waals surface area contributed by atoms with Crippen LogP contribution in [0.5, 0.6) is 5.75 Å². The summed E-state index contributed by atoms with van der Waals surface area (Å²) in [5.74, 6) is 0.838. The van der Waals surface area contributed by atoms with E-state index in [0.717, 1.165) is 24.2 Å². The van der Waals surface area contributed by atoms with Crippen molar-refractivity contribution in [2.45, 2.75) is 23.7 Å². The van der Waals surface area contributed by atoms with Crippen molar-refractivity contribution in [2.24, 2.45) is 0 Å². The molecular formula is C18H20N2O5S. The minimum absolute atomic E-state index is 0.0781. The van der Waals surface area contributed by atoms with Crippen LogP contribution >= 0.6 is 0 Å². The summed E-state index contributed by atoms with van der Waals surface area (Å²) in [5, 5.41) is 10.8. The Balaban J connectivity index is 1.82. The van der Waals surface area contributed by atoms with E-state index in [2.05, 4.69) is 0 Å². The number of hydrogen-bond donors (Lipinski definition) is 0. The molecule has 1 fully saturated rings. The van der Waals surface area contributed by atoms with Crippen molar-refractivity contribution in [3.63, 3.8) is 0 Å². The van der Waals surface area contributed by atoms with Crippen LogP contribution in [-0.2, 0) is 10.0 Å². The van der Waals surface area contributed by atoms with Crippen molar-refractivity contribution in [1.82, 2.24) is 4.31 Å². The molecule has 1 heterocycles. The third-order valence-electron chi connectivity index (χ3n) is 4.63. The molecular weight excluding hydrogens is 356 g/mol. The number of sulfonamides is 1. The molecule has 1 saturated heterocycles. The third kappa shape index (κ3) is 3.71. The van der Waals surface area contributed by atoms with Gasteiger partial charge in [0.25, 0.3) is 5.69 Å². The van der Waals surface area contributed by atoms with Gasteiger partial charge in [-0.15, -0.1) is 0 Å². The first kappa shape index (κ1) is 18.3. The summed E-state index contributed by atoms with van der Waals surface area (Å²) in [7, 11) is -2.08. The molecule has 3 rings (SSSR count). The van der Waals surface area contributed by atoms with Gasteiger partial charge >= 0.3 is 0 Å². The molecule has 7 nitrogen and oxygen atoms in total. The van der Waals surface area contributed by atoms with Crippen LogP contribution in [0.2, 0.25) is 0 Å². The number of nitrogens with zero attached hydrogens (tertiary/aromatic N) is 2. The van der Waals surface area contributed by atoms with Crippen molar-refractivity contribution < 1.29 is 18.1 Å². The van der Waals surface area contributed by atoms with Gasteiger partial charge in [0, 0.05) is 25.2 Å². The summed E-state index contributed by atoms with van der Waals surface area (Å²) >= 11 is 0. The zero-order chi connectivity index (χ0) is 18.7. The maximum absolute atomic E-state index is 12.9. The molecule has 0 N–H and O–H groups in total. The molecule has 8 heteroatoms. The number of benzene rings is 2. The van der Waals surface area contributed by atoms with Crippen molar-refractivity contribution in [3.05, 3.63) is 64.2 Å². The van der Waals surface area contributed by atoms with E-state index in [1.165, 1.54) is 28.6 Å². The minimum atomic E-state index is -3.68. The number of rotatable bonds is 5. The van der Waals surface area contributed by atoms with Gasteiger partial charge in [0.2, 0.25) is 10.0 Å². The maximum Gasteiger partial charge on any atom is 0.269 e. The molecule has 0 radical (unpaired) electrons. The Hall–Kier alpha value is -2.45. The smallest absolute Gasteiger partial charge is 0.269 e. The quantitative estimate of drug-likeness (QED) is 0.591. The number of ether oxygens (including phenoxy) is 1. The average molecular weight is 376 g/mol. The zero-order valence-electron chi connectivity index (χ0n) is 14.4. The molecule has 1 atom stereocenters. The fraction of sp³-hybridized carbons (Fsp3) is 0.333. The summed E-state index contributed by atoms with van der Waals surface area (Å²) in [5.41, 5.74) is 0.921. The van der Waals surface area contributed by atoms with Gasteiger partial charge in [0.15, 0.2) is 0 Å². The molecule has 1 aliphatic heterocycles. The second kappa shape index (κ2) is 7.43. The summed E-state index contributed by atoms with van der Waals surface area (Å²) in [6, 6.07) is 12.7. The molecule has 0 aromatic heterocycles. The second-order valence-electron chi connectivity index (χ2n) is 6.23. The first-order valence-corrected chi connectivity index (χ1v) is 9.74. The number of piperidine rings is 1. The van der Waals surface area contributed by atoms with Crippen LogP contribution < -0.4 is 4.74 Å². The van der Waals surface area contributed by atoms with Gasteiger partial charge in [-0.05, 0) is 48.6 Å². The number of non-ortho nitro benzene ring substituents is 1. The van der Waals surface area contributed by atoms with E-state index in [4.69, 9.17) is 4.74 Å². The molecule has 138 valence electrons. The highest BCUT2D eigenvalue weighted by Crippen LogP contribution is 2.32. The lowest BCUT2D eigenvalue weighted by molar-refractivity contribution is -0.384. The Labute approximate surface area is 152 Å². The van der Waals surface area contributed by atoms with Gasteiger partial charge in [-0.2, -0.15) is 4.31 Å². The Morgan fingerprint density at radius 1 is 1.19 bits per heavy atom. The van der Waals surface area contributed by atoms with Gasteiger partial charge in [-0.25, -0.2) is 8.42 Å². The van der Waals surface area contributed by atoms with Crippen LogP contribution in [0.25, 0.3) is 0 Å². The van der Waals surface area contributed by atoms with Gasteiger partial charge in [0.05, 0.1) is 16.9 Å². The Morgan fingerprint density at radius 3 is 2.58 bits per heavy atom.